The lowest BCUT2D eigenvalue weighted by Gasteiger charge is -2.24. The van der Waals surface area contributed by atoms with E-state index in [0.29, 0.717) is 21.6 Å². The van der Waals surface area contributed by atoms with Gasteiger partial charge < -0.3 is 23.5 Å². The van der Waals surface area contributed by atoms with Gasteiger partial charge in [-0.25, -0.2) is 21.9 Å². The summed E-state index contributed by atoms with van der Waals surface area (Å²) in [5, 5.41) is 9.29. The number of hydrogen-bond donors (Lipinski definition) is 1. The van der Waals surface area contributed by atoms with Gasteiger partial charge in [0.15, 0.2) is 15.7 Å². The van der Waals surface area contributed by atoms with Crippen LogP contribution in [0.3, 0.4) is 0 Å². The fourth-order valence-electron chi connectivity index (χ4n) is 3.70. The van der Waals surface area contributed by atoms with Gasteiger partial charge >= 0.3 is 16.3 Å². The number of rotatable bonds is 16. The molecule has 0 spiro atoms. The quantitative estimate of drug-likeness (QED) is 0.236. The lowest BCUT2D eigenvalue weighted by Crippen LogP contribution is -2.37. The average molecular weight is 612 g/mol. The maximum atomic E-state index is 15.1. The summed E-state index contributed by atoms with van der Waals surface area (Å²) in [5.74, 6) is -2.02. The third-order valence-corrected chi connectivity index (χ3v) is 8.90. The molecule has 0 aliphatic carbocycles. The van der Waals surface area contributed by atoms with Crippen molar-refractivity contribution in [2.45, 2.75) is 12.8 Å². The fraction of sp³-hybridized carbons (Fsp3) is 0.296. The third-order valence-electron chi connectivity index (χ3n) is 5.75. The second-order valence-electron chi connectivity index (χ2n) is 8.62. The van der Waals surface area contributed by atoms with E-state index >= 15 is 4.39 Å². The number of sulfone groups is 1. The van der Waals surface area contributed by atoms with E-state index in [2.05, 4.69) is 0 Å². The molecule has 14 heteroatoms. The van der Waals surface area contributed by atoms with Crippen LogP contribution in [0.5, 0.6) is 23.0 Å². The van der Waals surface area contributed by atoms with Crippen molar-refractivity contribution in [3.05, 3.63) is 78.1 Å². The summed E-state index contributed by atoms with van der Waals surface area (Å²) in [7, 11) is -5.42. The van der Waals surface area contributed by atoms with Crippen LogP contribution in [0.4, 0.5) is 10.1 Å². The van der Waals surface area contributed by atoms with E-state index in [-0.39, 0.29) is 31.0 Å². The SMILES string of the molecule is COc1ccc(OCCCS(=O)(=O)CCCN(c2cccc(C(=O)O)c2F)S(=O)(=O)Oc2ccc(OC)cc2)cc1. The van der Waals surface area contributed by atoms with Gasteiger partial charge in [-0.15, -0.1) is 0 Å². The molecule has 11 nitrogen and oxygen atoms in total. The van der Waals surface area contributed by atoms with E-state index < -0.39 is 55.5 Å². The van der Waals surface area contributed by atoms with Crippen LogP contribution < -0.4 is 22.7 Å². The Morgan fingerprint density at radius 2 is 1.34 bits per heavy atom. The Morgan fingerprint density at radius 3 is 1.90 bits per heavy atom. The van der Waals surface area contributed by atoms with Crippen molar-refractivity contribution in [3.8, 4) is 23.0 Å². The minimum Gasteiger partial charge on any atom is -0.497 e. The molecule has 222 valence electrons. The van der Waals surface area contributed by atoms with Gasteiger partial charge in [-0.1, -0.05) is 6.07 Å². The molecule has 0 fully saturated rings. The molecule has 1 N–H and O–H groups in total. The Hall–Kier alpha value is -4.04. The molecule has 0 bridgehead atoms. The van der Waals surface area contributed by atoms with Gasteiger partial charge in [-0.3, -0.25) is 0 Å². The summed E-state index contributed by atoms with van der Waals surface area (Å²) in [6.07, 6.45) is -0.0319. The van der Waals surface area contributed by atoms with Gasteiger partial charge in [0.05, 0.1) is 43.6 Å². The van der Waals surface area contributed by atoms with Crippen molar-refractivity contribution < 1.29 is 49.5 Å². The molecular formula is C27H30FNO10S2. The van der Waals surface area contributed by atoms with Crippen LogP contribution in [0.1, 0.15) is 23.2 Å². The summed E-state index contributed by atoms with van der Waals surface area (Å²) in [5.41, 5.74) is -1.35. The number of methoxy groups -OCH3 is 2. The molecule has 3 aromatic carbocycles. The molecule has 0 radical (unpaired) electrons. The van der Waals surface area contributed by atoms with Crippen molar-refractivity contribution in [1.82, 2.24) is 0 Å². The molecule has 0 aliphatic heterocycles. The Balaban J connectivity index is 1.69. The van der Waals surface area contributed by atoms with Crippen molar-refractivity contribution in [1.29, 1.82) is 0 Å². The Kier molecular flexibility index (Phi) is 10.8. The molecule has 3 rings (SSSR count). The first kappa shape index (κ1) is 31.5. The first-order chi connectivity index (χ1) is 19.5. The molecule has 41 heavy (non-hydrogen) atoms. The maximum Gasteiger partial charge on any atom is 0.410 e. The van der Waals surface area contributed by atoms with E-state index in [9.17, 15) is 26.7 Å². The zero-order chi connectivity index (χ0) is 30.0. The normalized spacial score (nSPS) is 11.5. The molecule has 0 heterocycles. The highest BCUT2D eigenvalue weighted by molar-refractivity contribution is 7.91. The second kappa shape index (κ2) is 14.0. The molecule has 0 atom stereocenters. The number of anilines is 1. The molecular weight excluding hydrogens is 581 g/mol. The lowest BCUT2D eigenvalue weighted by atomic mass is 10.2. The Morgan fingerprint density at radius 1 is 0.805 bits per heavy atom. The highest BCUT2D eigenvalue weighted by Crippen LogP contribution is 2.28. The number of halogens is 1. The Labute approximate surface area is 238 Å². The van der Waals surface area contributed by atoms with Crippen LogP contribution in [-0.4, -0.2) is 66.8 Å². The fourth-order valence-corrected chi connectivity index (χ4v) is 6.21. The predicted molar refractivity (Wildman–Crippen MR) is 150 cm³/mol. The lowest BCUT2D eigenvalue weighted by molar-refractivity contribution is 0.0692. The van der Waals surface area contributed by atoms with Gasteiger partial charge in [0.1, 0.15) is 23.0 Å². The van der Waals surface area contributed by atoms with Crippen LogP contribution in [0.2, 0.25) is 0 Å². The first-order valence-electron chi connectivity index (χ1n) is 12.3. The molecule has 0 amide bonds. The number of benzene rings is 3. The van der Waals surface area contributed by atoms with Crippen LogP contribution in [0, 0.1) is 5.82 Å². The molecule has 0 aromatic heterocycles. The van der Waals surface area contributed by atoms with Crippen molar-refractivity contribution >= 4 is 31.8 Å². The number of ether oxygens (including phenoxy) is 3. The van der Waals surface area contributed by atoms with Crippen LogP contribution in [-0.2, 0) is 20.1 Å². The van der Waals surface area contributed by atoms with E-state index in [0.717, 1.165) is 12.1 Å². The van der Waals surface area contributed by atoms with E-state index in [1.54, 1.807) is 24.3 Å². The van der Waals surface area contributed by atoms with Gasteiger partial charge in [-0.2, -0.15) is 8.42 Å². The minimum absolute atomic E-state index is 0.116. The monoisotopic (exact) mass is 611 g/mol. The Bertz CT molecular complexity index is 1530. The molecule has 3 aromatic rings. The van der Waals surface area contributed by atoms with Crippen molar-refractivity contribution in [3.63, 3.8) is 0 Å². The molecule has 0 saturated heterocycles. The second-order valence-corrected chi connectivity index (χ2v) is 12.4. The minimum atomic E-state index is -4.75. The van der Waals surface area contributed by atoms with Gasteiger partial charge in [-0.05, 0) is 73.5 Å². The van der Waals surface area contributed by atoms with Gasteiger partial charge in [0.2, 0.25) is 0 Å². The topological polar surface area (TPSA) is 146 Å². The summed E-state index contributed by atoms with van der Waals surface area (Å²) in [6.45, 7) is -0.366. The number of carbonyl (C=O) groups is 1. The highest BCUT2D eigenvalue weighted by atomic mass is 32.2. The van der Waals surface area contributed by atoms with E-state index in [1.807, 2.05) is 0 Å². The number of aromatic carboxylic acids is 1. The van der Waals surface area contributed by atoms with Gasteiger partial charge in [0, 0.05) is 6.54 Å². The number of carboxylic acids is 1. The maximum absolute atomic E-state index is 15.1. The molecule has 0 unspecified atom stereocenters. The zero-order valence-corrected chi connectivity index (χ0v) is 24.0. The average Bonchev–Trinajstić information content (AvgIpc) is 2.94. The summed E-state index contributed by atoms with van der Waals surface area (Å²) >= 11 is 0. The van der Waals surface area contributed by atoms with Crippen LogP contribution >= 0.6 is 0 Å². The van der Waals surface area contributed by atoms with Gasteiger partial charge in [0.25, 0.3) is 0 Å². The van der Waals surface area contributed by atoms with Crippen molar-refractivity contribution in [2.24, 2.45) is 0 Å². The standard InChI is InChI=1S/C27H30FNO10S2/c1-36-20-8-12-22(13-9-20)38-17-5-19-40(32,33)18-4-16-29(25-7-3-6-24(26(25)28)27(30)31)41(34,35)39-23-14-10-21(37-2)11-15-23/h3,6-15H,4-5,16-19H2,1-2H3,(H,30,31). The summed E-state index contributed by atoms with van der Waals surface area (Å²) in [6, 6.07) is 15.6. The highest BCUT2D eigenvalue weighted by Gasteiger charge is 2.30. The van der Waals surface area contributed by atoms with E-state index in [4.69, 9.17) is 18.4 Å². The zero-order valence-electron chi connectivity index (χ0n) is 22.4. The third kappa shape index (κ3) is 8.98. The molecule has 0 aliphatic rings. The number of nitrogens with zero attached hydrogens (tertiary/aromatic N) is 1. The van der Waals surface area contributed by atoms with Crippen LogP contribution in [0.25, 0.3) is 0 Å². The predicted octanol–water partition coefficient (Wildman–Crippen LogP) is 3.95. The largest absolute Gasteiger partial charge is 0.497 e. The first-order valence-corrected chi connectivity index (χ1v) is 15.5. The van der Waals surface area contributed by atoms with Crippen LogP contribution in [0.15, 0.2) is 66.7 Å². The summed E-state index contributed by atoms with van der Waals surface area (Å²) < 4.78 is 88.1. The smallest absolute Gasteiger partial charge is 0.410 e. The summed E-state index contributed by atoms with van der Waals surface area (Å²) in [4.78, 5) is 11.4. The van der Waals surface area contributed by atoms with E-state index in [1.165, 1.54) is 44.6 Å². The number of carboxylic acid groups (broad SMARTS) is 1. The molecule has 0 saturated carbocycles. The number of hydrogen-bond acceptors (Lipinski definition) is 9. The van der Waals surface area contributed by atoms with Crippen molar-refractivity contribution in [2.75, 3.05) is 43.2 Å².